The number of carbonyl (C=O) groups is 1. The summed E-state index contributed by atoms with van der Waals surface area (Å²) in [7, 11) is -3.07. The number of nitrogens with zero attached hydrogens (tertiary/aromatic N) is 1. The fourth-order valence-electron chi connectivity index (χ4n) is 1.96. The summed E-state index contributed by atoms with van der Waals surface area (Å²) >= 11 is 0. The van der Waals surface area contributed by atoms with Crippen molar-refractivity contribution >= 4 is 15.9 Å². The topological polar surface area (TPSA) is 78.5 Å². The summed E-state index contributed by atoms with van der Waals surface area (Å²) in [6.07, 6.45) is 3.68. The Hall–Kier alpha value is -0.660. The molecule has 0 saturated carbocycles. The molecule has 1 heterocycles. The molecule has 2 N–H and O–H groups in total. The van der Waals surface area contributed by atoms with Crippen LogP contribution in [0.3, 0.4) is 0 Å². The van der Waals surface area contributed by atoms with Crippen molar-refractivity contribution in [3.05, 3.63) is 0 Å². The van der Waals surface area contributed by atoms with Gasteiger partial charge >= 0.3 is 0 Å². The van der Waals surface area contributed by atoms with Gasteiger partial charge in [-0.25, -0.2) is 12.7 Å². The fourth-order valence-corrected chi connectivity index (χ4v) is 2.83. The smallest absolute Gasteiger partial charge is 0.233 e. The highest BCUT2D eigenvalue weighted by atomic mass is 32.2. The normalized spacial score (nSPS) is 18.8. The highest BCUT2D eigenvalue weighted by Crippen LogP contribution is 2.12. The highest BCUT2D eigenvalue weighted by Gasteiger charge is 2.24. The lowest BCUT2D eigenvalue weighted by molar-refractivity contribution is -0.120. The minimum absolute atomic E-state index is 0.00222. The Morgan fingerprint density at radius 1 is 1.33 bits per heavy atom. The number of sulfonamides is 1. The predicted molar refractivity (Wildman–Crippen MR) is 70.7 cm³/mol. The van der Waals surface area contributed by atoms with Crippen LogP contribution in [0.15, 0.2) is 0 Å². The van der Waals surface area contributed by atoms with Crippen LogP contribution in [0.1, 0.15) is 26.2 Å². The number of hydrogen-bond donors (Lipinski definition) is 2. The summed E-state index contributed by atoms with van der Waals surface area (Å²) in [5.74, 6) is 0.00222. The van der Waals surface area contributed by atoms with Gasteiger partial charge in [-0.1, -0.05) is 6.92 Å². The van der Waals surface area contributed by atoms with Crippen LogP contribution >= 0.6 is 0 Å². The Morgan fingerprint density at radius 2 is 1.94 bits per heavy atom. The summed E-state index contributed by atoms with van der Waals surface area (Å²) in [6.45, 7) is 4.09. The van der Waals surface area contributed by atoms with Crippen molar-refractivity contribution in [1.29, 1.82) is 0 Å². The van der Waals surface area contributed by atoms with E-state index in [1.54, 1.807) is 0 Å². The first-order valence-electron chi connectivity index (χ1n) is 6.38. The Bertz CT molecular complexity index is 362. The van der Waals surface area contributed by atoms with Crippen LogP contribution in [0.4, 0.5) is 0 Å². The van der Waals surface area contributed by atoms with Crippen LogP contribution in [0.5, 0.6) is 0 Å². The first-order valence-corrected chi connectivity index (χ1v) is 8.23. The van der Waals surface area contributed by atoms with Gasteiger partial charge in [0.2, 0.25) is 15.9 Å². The maximum atomic E-state index is 11.4. The van der Waals surface area contributed by atoms with Gasteiger partial charge in [0.05, 0.1) is 12.8 Å². The second-order valence-corrected chi connectivity index (χ2v) is 6.65. The number of carbonyl (C=O) groups excluding carboxylic acids is 1. The summed E-state index contributed by atoms with van der Waals surface area (Å²) < 4.78 is 24.1. The molecule has 0 unspecified atom stereocenters. The van der Waals surface area contributed by atoms with Crippen LogP contribution in [0.25, 0.3) is 0 Å². The lowest BCUT2D eigenvalue weighted by atomic mass is 10.1. The van der Waals surface area contributed by atoms with Crippen molar-refractivity contribution < 1.29 is 13.2 Å². The lowest BCUT2D eigenvalue weighted by Crippen LogP contribution is -2.47. The molecule has 1 aliphatic rings. The first kappa shape index (κ1) is 15.4. The standard InChI is InChI=1S/C11H23N3O3S/c1-3-6-12-11(15)9-13-10-4-7-14(8-5-10)18(2,16)17/h10,13H,3-9H2,1-2H3,(H,12,15). The third-order valence-electron chi connectivity index (χ3n) is 3.05. The fraction of sp³-hybridized carbons (Fsp3) is 0.909. The van der Waals surface area contributed by atoms with Gasteiger partial charge in [0.1, 0.15) is 0 Å². The Morgan fingerprint density at radius 3 is 2.44 bits per heavy atom. The summed E-state index contributed by atoms with van der Waals surface area (Å²) in [5, 5.41) is 5.97. The van der Waals surface area contributed by atoms with Gasteiger partial charge in [-0.3, -0.25) is 4.79 Å². The molecule has 0 atom stereocenters. The van der Waals surface area contributed by atoms with E-state index >= 15 is 0 Å². The van der Waals surface area contributed by atoms with Crippen LogP contribution < -0.4 is 10.6 Å². The molecule has 1 saturated heterocycles. The van der Waals surface area contributed by atoms with Crippen LogP contribution in [-0.4, -0.2) is 57.1 Å². The number of nitrogens with one attached hydrogen (secondary N) is 2. The predicted octanol–water partition coefficient (Wildman–Crippen LogP) is -0.474. The molecule has 1 amide bonds. The monoisotopic (exact) mass is 277 g/mol. The van der Waals surface area contributed by atoms with Gasteiger partial charge in [0.15, 0.2) is 0 Å². The molecule has 106 valence electrons. The molecule has 0 aromatic carbocycles. The van der Waals surface area contributed by atoms with E-state index in [0.717, 1.165) is 19.3 Å². The molecule has 1 rings (SSSR count). The second kappa shape index (κ2) is 7.06. The van der Waals surface area contributed by atoms with Crippen LogP contribution in [0.2, 0.25) is 0 Å². The van der Waals surface area contributed by atoms with Crippen molar-refractivity contribution in [2.75, 3.05) is 32.4 Å². The molecular weight excluding hydrogens is 254 g/mol. The number of amides is 1. The molecule has 0 aromatic heterocycles. The Kier molecular flexibility index (Phi) is 6.04. The second-order valence-electron chi connectivity index (χ2n) is 4.67. The molecule has 0 aliphatic carbocycles. The maximum Gasteiger partial charge on any atom is 0.233 e. The van der Waals surface area contributed by atoms with E-state index in [2.05, 4.69) is 10.6 Å². The van der Waals surface area contributed by atoms with Gasteiger partial charge in [-0.2, -0.15) is 0 Å². The molecule has 1 fully saturated rings. The van der Waals surface area contributed by atoms with E-state index in [9.17, 15) is 13.2 Å². The molecule has 0 bridgehead atoms. The zero-order chi connectivity index (χ0) is 13.6. The molecule has 0 spiro atoms. The van der Waals surface area contributed by atoms with Gasteiger partial charge < -0.3 is 10.6 Å². The molecule has 1 aliphatic heterocycles. The van der Waals surface area contributed by atoms with Gasteiger partial charge in [0, 0.05) is 25.7 Å². The largest absolute Gasteiger partial charge is 0.355 e. The van der Waals surface area contributed by atoms with E-state index in [1.807, 2.05) is 6.92 Å². The third kappa shape index (κ3) is 5.32. The molecule has 6 nitrogen and oxygen atoms in total. The van der Waals surface area contributed by atoms with Gasteiger partial charge in [-0.05, 0) is 19.3 Å². The quantitative estimate of drug-likeness (QED) is 0.688. The molecular formula is C11H23N3O3S. The van der Waals surface area contributed by atoms with E-state index in [0.29, 0.717) is 26.2 Å². The van der Waals surface area contributed by atoms with Crippen molar-refractivity contribution in [3.63, 3.8) is 0 Å². The zero-order valence-corrected chi connectivity index (χ0v) is 11.9. The summed E-state index contributed by atoms with van der Waals surface area (Å²) in [5.41, 5.74) is 0. The minimum Gasteiger partial charge on any atom is -0.355 e. The summed E-state index contributed by atoms with van der Waals surface area (Å²) in [4.78, 5) is 11.4. The third-order valence-corrected chi connectivity index (χ3v) is 4.35. The average molecular weight is 277 g/mol. The lowest BCUT2D eigenvalue weighted by Gasteiger charge is -2.30. The van der Waals surface area contributed by atoms with Crippen molar-refractivity contribution in [3.8, 4) is 0 Å². The van der Waals surface area contributed by atoms with E-state index < -0.39 is 10.0 Å². The zero-order valence-electron chi connectivity index (χ0n) is 11.1. The number of rotatable bonds is 6. The van der Waals surface area contributed by atoms with E-state index in [4.69, 9.17) is 0 Å². The number of hydrogen-bond acceptors (Lipinski definition) is 4. The molecule has 7 heteroatoms. The molecule has 0 radical (unpaired) electrons. The minimum atomic E-state index is -3.07. The maximum absolute atomic E-state index is 11.4. The van der Waals surface area contributed by atoms with E-state index in [-0.39, 0.29) is 11.9 Å². The number of piperidine rings is 1. The van der Waals surface area contributed by atoms with E-state index in [1.165, 1.54) is 10.6 Å². The van der Waals surface area contributed by atoms with Crippen molar-refractivity contribution in [2.45, 2.75) is 32.2 Å². The highest BCUT2D eigenvalue weighted by molar-refractivity contribution is 7.88. The molecule has 0 aromatic rings. The van der Waals surface area contributed by atoms with Crippen molar-refractivity contribution in [1.82, 2.24) is 14.9 Å². The van der Waals surface area contributed by atoms with Crippen LogP contribution in [0, 0.1) is 0 Å². The molecule has 18 heavy (non-hydrogen) atoms. The van der Waals surface area contributed by atoms with Crippen LogP contribution in [-0.2, 0) is 14.8 Å². The Balaban J connectivity index is 2.22. The van der Waals surface area contributed by atoms with Gasteiger partial charge in [0.25, 0.3) is 0 Å². The summed E-state index contributed by atoms with van der Waals surface area (Å²) in [6, 6.07) is 0.232. The SMILES string of the molecule is CCCNC(=O)CNC1CCN(S(C)(=O)=O)CC1. The van der Waals surface area contributed by atoms with Gasteiger partial charge in [-0.15, -0.1) is 0 Å². The first-order chi connectivity index (χ1) is 8.43. The Labute approximate surface area is 109 Å². The van der Waals surface area contributed by atoms with Crippen molar-refractivity contribution in [2.24, 2.45) is 0 Å². The average Bonchev–Trinajstić information content (AvgIpc) is 2.33.